The Morgan fingerprint density at radius 3 is 2.76 bits per heavy atom. The summed E-state index contributed by atoms with van der Waals surface area (Å²) in [5.41, 5.74) is 2.25. The van der Waals surface area contributed by atoms with Crippen molar-refractivity contribution in [1.82, 2.24) is 15.2 Å². The van der Waals surface area contributed by atoms with Crippen molar-refractivity contribution in [2.45, 2.75) is 31.9 Å². The number of nitrogens with one attached hydrogen (secondary N) is 1. The molecule has 0 unspecified atom stereocenters. The molecule has 1 aliphatic rings. The minimum absolute atomic E-state index is 0.0460. The smallest absolute Gasteiger partial charge is 0.317 e. The molecule has 0 spiro atoms. The van der Waals surface area contributed by atoms with E-state index in [0.29, 0.717) is 19.6 Å². The van der Waals surface area contributed by atoms with Crippen LogP contribution in [0.1, 0.15) is 24.0 Å². The van der Waals surface area contributed by atoms with Gasteiger partial charge in [0.1, 0.15) is 0 Å². The van der Waals surface area contributed by atoms with E-state index in [2.05, 4.69) is 22.4 Å². The van der Waals surface area contributed by atoms with Crippen molar-refractivity contribution in [3.63, 3.8) is 0 Å². The largest absolute Gasteiger partial charge is 0.376 e. The molecular weight excluding hydrogens is 314 g/mol. The first-order valence-electron chi connectivity index (χ1n) is 8.88. The Hall–Kier alpha value is -2.40. The molecule has 5 heteroatoms. The Balaban J connectivity index is 1.55. The Bertz CT molecular complexity index is 643. The van der Waals surface area contributed by atoms with Crippen LogP contribution in [-0.4, -0.2) is 41.7 Å². The number of urea groups is 1. The van der Waals surface area contributed by atoms with Gasteiger partial charge < -0.3 is 15.0 Å². The summed E-state index contributed by atoms with van der Waals surface area (Å²) in [7, 11) is 0. The number of nitrogens with zero attached hydrogens (tertiary/aromatic N) is 2. The van der Waals surface area contributed by atoms with Crippen LogP contribution in [0.4, 0.5) is 4.79 Å². The predicted octanol–water partition coefficient (Wildman–Crippen LogP) is 3.01. The zero-order valence-electron chi connectivity index (χ0n) is 14.4. The molecular formula is C20H25N3O2. The molecule has 0 radical (unpaired) electrons. The van der Waals surface area contributed by atoms with Gasteiger partial charge in [-0.3, -0.25) is 4.98 Å². The maximum Gasteiger partial charge on any atom is 0.317 e. The number of aromatic nitrogens is 1. The standard InChI is InChI=1S/C20H25N3O2/c24-20(22-12-10-17-6-2-1-3-7-17)23(16-19-9-5-13-25-19)15-18-8-4-11-21-14-18/h1-4,6-8,11,14,19H,5,9-10,12-13,15-16H2,(H,22,24)/t19-/m1/s1. The lowest BCUT2D eigenvalue weighted by Gasteiger charge is -2.25. The van der Waals surface area contributed by atoms with Crippen LogP contribution in [0.3, 0.4) is 0 Å². The minimum atomic E-state index is -0.0460. The normalized spacial score (nSPS) is 16.6. The summed E-state index contributed by atoms with van der Waals surface area (Å²) < 4.78 is 5.71. The lowest BCUT2D eigenvalue weighted by Crippen LogP contribution is -2.43. The number of benzene rings is 1. The topological polar surface area (TPSA) is 54.5 Å². The van der Waals surface area contributed by atoms with Crippen molar-refractivity contribution in [2.75, 3.05) is 19.7 Å². The molecule has 1 aromatic carbocycles. The Morgan fingerprint density at radius 2 is 2.04 bits per heavy atom. The first-order chi connectivity index (χ1) is 12.3. The number of rotatable bonds is 7. The van der Waals surface area contributed by atoms with E-state index in [1.165, 1.54) is 5.56 Å². The highest BCUT2D eigenvalue weighted by Gasteiger charge is 2.22. The molecule has 25 heavy (non-hydrogen) atoms. The quantitative estimate of drug-likeness (QED) is 0.844. The fourth-order valence-electron chi connectivity index (χ4n) is 3.04. The average Bonchev–Trinajstić information content (AvgIpc) is 3.16. The molecule has 5 nitrogen and oxygen atoms in total. The van der Waals surface area contributed by atoms with Crippen molar-refractivity contribution in [2.24, 2.45) is 0 Å². The second-order valence-electron chi connectivity index (χ2n) is 6.34. The number of carbonyl (C=O) groups is 1. The van der Waals surface area contributed by atoms with Crippen molar-refractivity contribution in [1.29, 1.82) is 0 Å². The van der Waals surface area contributed by atoms with Gasteiger partial charge >= 0.3 is 6.03 Å². The molecule has 1 atom stereocenters. The number of amides is 2. The van der Waals surface area contributed by atoms with Crippen LogP contribution in [0.15, 0.2) is 54.9 Å². The van der Waals surface area contributed by atoms with Crippen LogP contribution in [0.5, 0.6) is 0 Å². The molecule has 1 saturated heterocycles. The lowest BCUT2D eigenvalue weighted by molar-refractivity contribution is 0.0795. The average molecular weight is 339 g/mol. The monoisotopic (exact) mass is 339 g/mol. The van der Waals surface area contributed by atoms with Crippen LogP contribution in [0.2, 0.25) is 0 Å². The number of hydrogen-bond acceptors (Lipinski definition) is 3. The van der Waals surface area contributed by atoms with Crippen LogP contribution < -0.4 is 5.32 Å². The van der Waals surface area contributed by atoms with Gasteiger partial charge in [0.25, 0.3) is 0 Å². The molecule has 0 saturated carbocycles. The molecule has 3 rings (SSSR count). The van der Waals surface area contributed by atoms with Gasteiger partial charge in [-0.25, -0.2) is 4.79 Å². The number of hydrogen-bond donors (Lipinski definition) is 1. The highest BCUT2D eigenvalue weighted by molar-refractivity contribution is 5.74. The van der Waals surface area contributed by atoms with Crippen LogP contribution in [0, 0.1) is 0 Å². The van der Waals surface area contributed by atoms with Gasteiger partial charge in [-0.05, 0) is 36.5 Å². The van der Waals surface area contributed by atoms with Crippen LogP contribution in [-0.2, 0) is 17.7 Å². The van der Waals surface area contributed by atoms with E-state index < -0.39 is 0 Å². The molecule has 2 heterocycles. The Kier molecular flexibility index (Phi) is 6.40. The summed E-state index contributed by atoms with van der Waals surface area (Å²) in [6.07, 6.45) is 6.60. The molecule has 0 bridgehead atoms. The van der Waals surface area contributed by atoms with Gasteiger partial charge in [0.05, 0.1) is 6.10 Å². The zero-order chi connectivity index (χ0) is 17.3. The van der Waals surface area contributed by atoms with E-state index >= 15 is 0 Å². The SMILES string of the molecule is O=C(NCCc1ccccc1)N(Cc1cccnc1)C[C@H]1CCCO1. The molecule has 1 fully saturated rings. The maximum absolute atomic E-state index is 12.7. The minimum Gasteiger partial charge on any atom is -0.376 e. The van der Waals surface area contributed by atoms with Gasteiger partial charge in [0.15, 0.2) is 0 Å². The molecule has 1 N–H and O–H groups in total. The first kappa shape index (κ1) is 17.4. The molecule has 2 aromatic rings. The summed E-state index contributed by atoms with van der Waals surface area (Å²) in [5.74, 6) is 0. The summed E-state index contributed by atoms with van der Waals surface area (Å²) in [4.78, 5) is 18.6. The van der Waals surface area contributed by atoms with Gasteiger partial charge in [0.2, 0.25) is 0 Å². The lowest BCUT2D eigenvalue weighted by atomic mass is 10.1. The third-order valence-electron chi connectivity index (χ3n) is 4.36. The maximum atomic E-state index is 12.7. The van der Waals surface area contributed by atoms with Gasteiger partial charge in [-0.15, -0.1) is 0 Å². The third kappa shape index (κ3) is 5.57. The molecule has 2 amide bonds. The van der Waals surface area contributed by atoms with E-state index in [9.17, 15) is 4.79 Å². The fraction of sp³-hybridized carbons (Fsp3) is 0.400. The van der Waals surface area contributed by atoms with Crippen molar-refractivity contribution in [3.05, 3.63) is 66.0 Å². The zero-order valence-corrected chi connectivity index (χ0v) is 14.4. The number of ether oxygens (including phenoxy) is 1. The Labute approximate surface area is 149 Å². The fourth-order valence-corrected chi connectivity index (χ4v) is 3.04. The summed E-state index contributed by atoms with van der Waals surface area (Å²) in [6.45, 7) is 2.58. The van der Waals surface area contributed by atoms with Crippen molar-refractivity contribution >= 4 is 6.03 Å². The predicted molar refractivity (Wildman–Crippen MR) is 97.2 cm³/mol. The summed E-state index contributed by atoms with van der Waals surface area (Å²) in [6, 6.07) is 14.0. The van der Waals surface area contributed by atoms with Crippen LogP contribution in [0.25, 0.3) is 0 Å². The van der Waals surface area contributed by atoms with E-state index in [0.717, 1.165) is 31.4 Å². The van der Waals surface area contributed by atoms with Crippen LogP contribution >= 0.6 is 0 Å². The van der Waals surface area contributed by atoms with E-state index in [1.54, 1.807) is 12.4 Å². The Morgan fingerprint density at radius 1 is 1.20 bits per heavy atom. The van der Waals surface area contributed by atoms with E-state index in [-0.39, 0.29) is 12.1 Å². The highest BCUT2D eigenvalue weighted by atomic mass is 16.5. The molecule has 0 aliphatic carbocycles. The third-order valence-corrected chi connectivity index (χ3v) is 4.36. The highest BCUT2D eigenvalue weighted by Crippen LogP contribution is 2.15. The van der Waals surface area contributed by atoms with Gasteiger partial charge in [-0.2, -0.15) is 0 Å². The van der Waals surface area contributed by atoms with Crippen molar-refractivity contribution < 1.29 is 9.53 Å². The summed E-state index contributed by atoms with van der Waals surface area (Å²) >= 11 is 0. The number of pyridine rings is 1. The first-order valence-corrected chi connectivity index (χ1v) is 8.88. The van der Waals surface area contributed by atoms with E-state index in [1.807, 2.05) is 35.2 Å². The second-order valence-corrected chi connectivity index (χ2v) is 6.34. The van der Waals surface area contributed by atoms with Crippen molar-refractivity contribution in [3.8, 4) is 0 Å². The van der Waals surface area contributed by atoms with Gasteiger partial charge in [-0.1, -0.05) is 36.4 Å². The van der Waals surface area contributed by atoms with E-state index in [4.69, 9.17) is 4.74 Å². The summed E-state index contributed by atoms with van der Waals surface area (Å²) in [5, 5.41) is 3.04. The number of carbonyl (C=O) groups excluding carboxylic acids is 1. The van der Waals surface area contributed by atoms with Gasteiger partial charge in [0, 0.05) is 38.6 Å². The second kappa shape index (κ2) is 9.18. The molecule has 1 aliphatic heterocycles. The molecule has 1 aromatic heterocycles. The molecule has 132 valence electrons.